The van der Waals surface area contributed by atoms with Gasteiger partial charge in [0.25, 0.3) is 0 Å². The second-order valence-electron chi connectivity index (χ2n) is 10.5. The van der Waals surface area contributed by atoms with Crippen LogP contribution in [0.4, 0.5) is 0 Å². The highest BCUT2D eigenvalue weighted by Crippen LogP contribution is 2.66. The molecule has 136 valence electrons. The summed E-state index contributed by atoms with van der Waals surface area (Å²) < 4.78 is 0. The molecule has 0 radical (unpaired) electrons. The fraction of sp³-hybridized carbons (Fsp3) is 0.739. The predicted octanol–water partition coefficient (Wildman–Crippen LogP) is 5.28. The van der Waals surface area contributed by atoms with Crippen molar-refractivity contribution in [1.82, 2.24) is 0 Å². The van der Waals surface area contributed by atoms with E-state index in [9.17, 15) is 9.59 Å². The van der Waals surface area contributed by atoms with E-state index in [1.165, 1.54) is 0 Å². The number of carbonyl (C=O) groups excluding carboxylic acids is 2. The van der Waals surface area contributed by atoms with Crippen molar-refractivity contribution in [3.05, 3.63) is 23.3 Å². The second-order valence-corrected chi connectivity index (χ2v) is 10.5. The van der Waals surface area contributed by atoms with Crippen molar-refractivity contribution in [3.63, 3.8) is 0 Å². The zero-order chi connectivity index (χ0) is 18.4. The minimum absolute atomic E-state index is 0.0702. The Hall–Kier alpha value is -1.18. The molecule has 4 rings (SSSR count). The molecule has 4 aliphatic rings. The lowest BCUT2D eigenvalue weighted by atomic mass is 9.70. The van der Waals surface area contributed by atoms with E-state index in [-0.39, 0.29) is 21.7 Å². The Kier molecular flexibility index (Phi) is 3.28. The Bertz CT molecular complexity index is 673. The molecule has 0 aliphatic heterocycles. The van der Waals surface area contributed by atoms with Crippen LogP contribution in [-0.4, -0.2) is 11.6 Å². The monoisotopic (exact) mass is 340 g/mol. The summed E-state index contributed by atoms with van der Waals surface area (Å²) in [5.74, 6) is 1.51. The number of Topliss-reactive ketones (excluding diaryl/α,β-unsaturated/α-hetero) is 2. The van der Waals surface area contributed by atoms with E-state index < -0.39 is 0 Å². The van der Waals surface area contributed by atoms with Gasteiger partial charge in [0.1, 0.15) is 0 Å². The van der Waals surface area contributed by atoms with Crippen LogP contribution in [0.3, 0.4) is 0 Å². The van der Waals surface area contributed by atoms with Gasteiger partial charge in [0.15, 0.2) is 11.6 Å². The lowest BCUT2D eigenvalue weighted by Gasteiger charge is -2.31. The molecule has 0 heterocycles. The van der Waals surface area contributed by atoms with E-state index >= 15 is 0 Å². The molecule has 4 saturated carbocycles. The standard InChI is InChI=1S/C23H32O2/c1-20(2)16-10-12-22(20,5)18(24)14(16)8-7-9-15-17-11-13-23(6,19(15)25)21(17,3)4/h8-9,16-17H,7,10-13H2,1-6H3. The summed E-state index contributed by atoms with van der Waals surface area (Å²) in [4.78, 5) is 25.8. The largest absolute Gasteiger partial charge is 0.294 e. The molecule has 0 aromatic carbocycles. The zero-order valence-electron chi connectivity index (χ0n) is 16.7. The van der Waals surface area contributed by atoms with Crippen molar-refractivity contribution < 1.29 is 9.59 Å². The highest BCUT2D eigenvalue weighted by atomic mass is 16.1. The van der Waals surface area contributed by atoms with Gasteiger partial charge in [-0.05, 0) is 65.9 Å². The van der Waals surface area contributed by atoms with Crippen LogP contribution in [0.15, 0.2) is 23.3 Å². The summed E-state index contributed by atoms with van der Waals surface area (Å²) in [5.41, 5.74) is 1.85. The van der Waals surface area contributed by atoms with Gasteiger partial charge >= 0.3 is 0 Å². The van der Waals surface area contributed by atoms with Gasteiger partial charge in [0, 0.05) is 10.8 Å². The summed E-state index contributed by atoms with van der Waals surface area (Å²) in [7, 11) is 0. The van der Waals surface area contributed by atoms with E-state index in [1.807, 2.05) is 0 Å². The molecule has 4 bridgehead atoms. The van der Waals surface area contributed by atoms with Gasteiger partial charge < -0.3 is 0 Å². The Morgan fingerprint density at radius 3 is 1.40 bits per heavy atom. The van der Waals surface area contributed by atoms with Crippen LogP contribution >= 0.6 is 0 Å². The third kappa shape index (κ3) is 1.77. The van der Waals surface area contributed by atoms with Gasteiger partial charge in [-0.3, -0.25) is 9.59 Å². The first-order chi connectivity index (χ1) is 11.5. The van der Waals surface area contributed by atoms with Gasteiger partial charge in [0.05, 0.1) is 0 Å². The fourth-order valence-corrected chi connectivity index (χ4v) is 6.64. The highest BCUT2D eigenvalue weighted by Gasteiger charge is 2.64. The average molecular weight is 341 g/mol. The van der Waals surface area contributed by atoms with Gasteiger partial charge in [-0.15, -0.1) is 0 Å². The average Bonchev–Trinajstić information content (AvgIpc) is 3.01. The van der Waals surface area contributed by atoms with Crippen molar-refractivity contribution >= 4 is 11.6 Å². The van der Waals surface area contributed by atoms with Crippen molar-refractivity contribution in [2.24, 2.45) is 33.5 Å². The van der Waals surface area contributed by atoms with Crippen molar-refractivity contribution in [2.75, 3.05) is 0 Å². The molecule has 4 fully saturated rings. The Labute approximate surface area is 152 Å². The number of rotatable bonds is 2. The molecule has 0 aromatic rings. The minimum atomic E-state index is -0.186. The Morgan fingerprint density at radius 1 is 0.760 bits per heavy atom. The molecule has 4 aliphatic carbocycles. The summed E-state index contributed by atoms with van der Waals surface area (Å²) in [6.07, 6.45) is 9.31. The van der Waals surface area contributed by atoms with E-state index in [0.29, 0.717) is 23.4 Å². The van der Waals surface area contributed by atoms with Crippen LogP contribution in [0.2, 0.25) is 0 Å². The van der Waals surface area contributed by atoms with Crippen LogP contribution in [0.5, 0.6) is 0 Å². The fourth-order valence-electron chi connectivity index (χ4n) is 6.64. The maximum Gasteiger partial charge on any atom is 0.165 e. The normalized spacial score (nSPS) is 46.8. The number of allylic oxidation sites excluding steroid dienone is 4. The number of carbonyl (C=O) groups is 2. The van der Waals surface area contributed by atoms with Crippen molar-refractivity contribution in [2.45, 2.75) is 73.6 Å². The molecular formula is C23H32O2. The summed E-state index contributed by atoms with van der Waals surface area (Å²) in [6, 6.07) is 0. The Morgan fingerprint density at radius 2 is 1.12 bits per heavy atom. The van der Waals surface area contributed by atoms with Gasteiger partial charge in [-0.2, -0.15) is 0 Å². The van der Waals surface area contributed by atoms with Gasteiger partial charge in [0.2, 0.25) is 0 Å². The topological polar surface area (TPSA) is 34.1 Å². The number of ketones is 2. The van der Waals surface area contributed by atoms with Crippen molar-refractivity contribution in [1.29, 1.82) is 0 Å². The van der Waals surface area contributed by atoms with E-state index in [0.717, 1.165) is 43.3 Å². The Balaban J connectivity index is 1.60. The quantitative estimate of drug-likeness (QED) is 0.641. The van der Waals surface area contributed by atoms with E-state index in [4.69, 9.17) is 0 Å². The van der Waals surface area contributed by atoms with Crippen LogP contribution in [0, 0.1) is 33.5 Å². The molecule has 0 saturated heterocycles. The van der Waals surface area contributed by atoms with E-state index in [1.54, 1.807) is 0 Å². The van der Waals surface area contributed by atoms with Crippen LogP contribution in [0.1, 0.15) is 73.6 Å². The lowest BCUT2D eigenvalue weighted by Crippen LogP contribution is -2.32. The molecule has 0 aromatic heterocycles. The second kappa shape index (κ2) is 4.75. The molecule has 4 atom stereocenters. The molecule has 2 heteroatoms. The first-order valence-corrected chi connectivity index (χ1v) is 9.98. The summed E-state index contributed by atoms with van der Waals surface area (Å²) >= 11 is 0. The summed E-state index contributed by atoms with van der Waals surface area (Å²) in [6.45, 7) is 13.3. The first kappa shape index (κ1) is 17.2. The number of hydrogen-bond acceptors (Lipinski definition) is 2. The predicted molar refractivity (Wildman–Crippen MR) is 100 cm³/mol. The van der Waals surface area contributed by atoms with E-state index in [2.05, 4.69) is 53.7 Å². The maximum absolute atomic E-state index is 12.9. The molecule has 4 unspecified atom stereocenters. The molecular weight excluding hydrogens is 308 g/mol. The van der Waals surface area contributed by atoms with Crippen LogP contribution < -0.4 is 0 Å². The molecule has 0 spiro atoms. The molecule has 2 nitrogen and oxygen atoms in total. The van der Waals surface area contributed by atoms with Crippen LogP contribution in [-0.2, 0) is 9.59 Å². The maximum atomic E-state index is 12.9. The van der Waals surface area contributed by atoms with Gasteiger partial charge in [-0.1, -0.05) is 53.7 Å². The zero-order valence-corrected chi connectivity index (χ0v) is 16.7. The highest BCUT2D eigenvalue weighted by molar-refractivity contribution is 6.05. The van der Waals surface area contributed by atoms with Crippen LogP contribution in [0.25, 0.3) is 0 Å². The molecule has 0 amide bonds. The first-order valence-electron chi connectivity index (χ1n) is 9.98. The number of hydrogen-bond donors (Lipinski definition) is 0. The number of fused-ring (bicyclic) bond motifs is 4. The van der Waals surface area contributed by atoms with Crippen molar-refractivity contribution in [3.8, 4) is 0 Å². The molecule has 25 heavy (non-hydrogen) atoms. The third-order valence-electron chi connectivity index (χ3n) is 9.41. The van der Waals surface area contributed by atoms with Gasteiger partial charge in [-0.25, -0.2) is 0 Å². The third-order valence-corrected chi connectivity index (χ3v) is 9.41. The smallest absolute Gasteiger partial charge is 0.165 e. The lowest BCUT2D eigenvalue weighted by molar-refractivity contribution is -0.126. The SMILES string of the molecule is CC12CCC(C(=CCC=C3C(=O)C4(C)CCC3C4(C)C)C1=O)C2(C)C. The minimum Gasteiger partial charge on any atom is -0.294 e. The summed E-state index contributed by atoms with van der Waals surface area (Å²) in [5, 5.41) is 0. The molecule has 0 N–H and O–H groups in total.